The molecular formula is C15H25N3O. The molecule has 0 saturated heterocycles. The molecule has 1 aromatic carbocycles. The fraction of sp³-hybridized carbons (Fsp3) is 0.533. The van der Waals surface area contributed by atoms with Gasteiger partial charge >= 0.3 is 0 Å². The summed E-state index contributed by atoms with van der Waals surface area (Å²) < 4.78 is 0. The summed E-state index contributed by atoms with van der Waals surface area (Å²) in [5, 5.41) is 3.00. The van der Waals surface area contributed by atoms with Gasteiger partial charge in [0.1, 0.15) is 0 Å². The summed E-state index contributed by atoms with van der Waals surface area (Å²) in [6, 6.07) is 7.26. The van der Waals surface area contributed by atoms with Gasteiger partial charge in [-0.2, -0.15) is 0 Å². The highest BCUT2D eigenvalue weighted by Gasteiger charge is 2.12. The fourth-order valence-corrected chi connectivity index (χ4v) is 2.08. The van der Waals surface area contributed by atoms with Gasteiger partial charge in [-0.1, -0.05) is 45.2 Å². The van der Waals surface area contributed by atoms with Crippen LogP contribution in [0, 0.1) is 5.92 Å². The zero-order valence-electron chi connectivity index (χ0n) is 11.9. The van der Waals surface area contributed by atoms with Crippen molar-refractivity contribution < 1.29 is 4.79 Å². The first-order valence-electron chi connectivity index (χ1n) is 7.06. The van der Waals surface area contributed by atoms with Gasteiger partial charge in [0.25, 0.3) is 5.91 Å². The molecular weight excluding hydrogens is 238 g/mol. The molecule has 1 rings (SSSR count). The molecule has 0 fully saturated rings. The Morgan fingerprint density at radius 2 is 2.05 bits per heavy atom. The van der Waals surface area contributed by atoms with E-state index in [-0.39, 0.29) is 5.91 Å². The lowest BCUT2D eigenvalue weighted by atomic mass is 9.99. The van der Waals surface area contributed by atoms with Gasteiger partial charge in [-0.05, 0) is 24.5 Å². The molecule has 0 aliphatic heterocycles. The van der Waals surface area contributed by atoms with Gasteiger partial charge in [-0.3, -0.25) is 10.6 Å². The molecule has 4 nitrogen and oxygen atoms in total. The van der Waals surface area contributed by atoms with E-state index in [1.54, 1.807) is 12.1 Å². The Morgan fingerprint density at radius 1 is 1.32 bits per heavy atom. The van der Waals surface area contributed by atoms with Gasteiger partial charge in [0.05, 0.1) is 11.3 Å². The number of nitrogens with two attached hydrogens (primary N) is 1. The monoisotopic (exact) mass is 263 g/mol. The SMILES string of the molecule is CCCCC(CC)CNC(=O)c1ccccc1NN. The first-order chi connectivity index (χ1) is 9.22. The number of rotatable bonds is 8. The Kier molecular flexibility index (Phi) is 6.97. The molecule has 0 aromatic heterocycles. The molecule has 0 spiro atoms. The molecule has 0 bridgehead atoms. The van der Waals surface area contributed by atoms with Crippen molar-refractivity contribution in [3.05, 3.63) is 29.8 Å². The fourth-order valence-electron chi connectivity index (χ4n) is 2.08. The highest BCUT2D eigenvalue weighted by Crippen LogP contribution is 2.15. The lowest BCUT2D eigenvalue weighted by Crippen LogP contribution is -2.30. The van der Waals surface area contributed by atoms with Gasteiger partial charge in [0, 0.05) is 6.54 Å². The third-order valence-electron chi connectivity index (χ3n) is 3.42. The van der Waals surface area contributed by atoms with Crippen LogP contribution in [-0.4, -0.2) is 12.5 Å². The van der Waals surface area contributed by atoms with Crippen LogP contribution in [-0.2, 0) is 0 Å². The van der Waals surface area contributed by atoms with Gasteiger partial charge < -0.3 is 10.7 Å². The molecule has 1 aromatic rings. The number of unbranched alkanes of at least 4 members (excludes halogenated alkanes) is 1. The van der Waals surface area contributed by atoms with Crippen LogP contribution in [0.1, 0.15) is 49.9 Å². The minimum absolute atomic E-state index is 0.0662. The Hall–Kier alpha value is -1.55. The van der Waals surface area contributed by atoms with E-state index in [1.807, 2.05) is 12.1 Å². The van der Waals surface area contributed by atoms with E-state index in [9.17, 15) is 4.79 Å². The van der Waals surface area contributed by atoms with Gasteiger partial charge in [0.15, 0.2) is 0 Å². The second-order valence-electron chi connectivity index (χ2n) is 4.82. The topological polar surface area (TPSA) is 67.2 Å². The van der Waals surface area contributed by atoms with Crippen LogP contribution in [0.2, 0.25) is 0 Å². The number of benzene rings is 1. The van der Waals surface area contributed by atoms with Crippen LogP contribution < -0.4 is 16.6 Å². The van der Waals surface area contributed by atoms with E-state index in [0.29, 0.717) is 17.2 Å². The van der Waals surface area contributed by atoms with Crippen molar-refractivity contribution in [3.8, 4) is 0 Å². The molecule has 106 valence electrons. The van der Waals surface area contributed by atoms with Crippen molar-refractivity contribution in [2.24, 2.45) is 11.8 Å². The molecule has 1 unspecified atom stereocenters. The van der Waals surface area contributed by atoms with Crippen LogP contribution in [0.15, 0.2) is 24.3 Å². The number of amides is 1. The van der Waals surface area contributed by atoms with E-state index < -0.39 is 0 Å². The number of hydrogen-bond acceptors (Lipinski definition) is 3. The van der Waals surface area contributed by atoms with Crippen LogP contribution in [0.25, 0.3) is 0 Å². The first-order valence-corrected chi connectivity index (χ1v) is 7.06. The molecule has 0 aliphatic carbocycles. The average Bonchev–Trinajstić information content (AvgIpc) is 2.47. The number of anilines is 1. The highest BCUT2D eigenvalue weighted by molar-refractivity contribution is 5.99. The van der Waals surface area contributed by atoms with Gasteiger partial charge in [-0.15, -0.1) is 0 Å². The molecule has 4 heteroatoms. The number of carbonyl (C=O) groups is 1. The van der Waals surface area contributed by atoms with E-state index >= 15 is 0 Å². The maximum absolute atomic E-state index is 12.1. The summed E-state index contributed by atoms with van der Waals surface area (Å²) in [7, 11) is 0. The van der Waals surface area contributed by atoms with Crippen molar-refractivity contribution in [1.29, 1.82) is 0 Å². The van der Waals surface area contributed by atoms with E-state index in [4.69, 9.17) is 5.84 Å². The maximum Gasteiger partial charge on any atom is 0.253 e. The predicted molar refractivity (Wildman–Crippen MR) is 79.9 cm³/mol. The summed E-state index contributed by atoms with van der Waals surface area (Å²) in [5.41, 5.74) is 3.80. The van der Waals surface area contributed by atoms with Crippen molar-refractivity contribution in [2.45, 2.75) is 39.5 Å². The van der Waals surface area contributed by atoms with E-state index in [1.165, 1.54) is 19.3 Å². The lowest BCUT2D eigenvalue weighted by molar-refractivity contribution is 0.0946. The molecule has 0 radical (unpaired) electrons. The number of hydrazine groups is 1. The summed E-state index contributed by atoms with van der Waals surface area (Å²) in [6.45, 7) is 5.09. The van der Waals surface area contributed by atoms with Crippen molar-refractivity contribution >= 4 is 11.6 Å². The standard InChI is InChI=1S/C15H25N3O/c1-3-5-8-12(4-2)11-17-15(19)13-9-6-7-10-14(13)18-16/h6-7,9-10,12,18H,3-5,8,11,16H2,1-2H3,(H,17,19). The van der Waals surface area contributed by atoms with Crippen LogP contribution in [0.3, 0.4) is 0 Å². The molecule has 1 atom stereocenters. The number of carbonyl (C=O) groups excluding carboxylic acids is 1. The van der Waals surface area contributed by atoms with Crippen LogP contribution >= 0.6 is 0 Å². The first kappa shape index (κ1) is 15.5. The van der Waals surface area contributed by atoms with Crippen molar-refractivity contribution in [2.75, 3.05) is 12.0 Å². The predicted octanol–water partition coefficient (Wildman–Crippen LogP) is 2.92. The molecule has 4 N–H and O–H groups in total. The Labute approximate surface area is 115 Å². The van der Waals surface area contributed by atoms with Crippen LogP contribution in [0.4, 0.5) is 5.69 Å². The molecule has 1 amide bonds. The second kappa shape index (κ2) is 8.53. The van der Waals surface area contributed by atoms with Gasteiger partial charge in [0.2, 0.25) is 0 Å². The Balaban J connectivity index is 2.54. The maximum atomic E-state index is 12.1. The zero-order valence-corrected chi connectivity index (χ0v) is 11.9. The third-order valence-corrected chi connectivity index (χ3v) is 3.42. The molecule has 0 heterocycles. The minimum atomic E-state index is -0.0662. The summed E-state index contributed by atoms with van der Waals surface area (Å²) in [6.07, 6.45) is 4.68. The number of para-hydroxylation sites is 1. The van der Waals surface area contributed by atoms with E-state index in [2.05, 4.69) is 24.6 Å². The number of nitrogens with one attached hydrogen (secondary N) is 2. The summed E-state index contributed by atoms with van der Waals surface area (Å²) in [5.74, 6) is 5.90. The Bertz CT molecular complexity index is 393. The van der Waals surface area contributed by atoms with E-state index in [0.717, 1.165) is 13.0 Å². The quantitative estimate of drug-likeness (QED) is 0.499. The third kappa shape index (κ3) is 4.91. The van der Waals surface area contributed by atoms with Gasteiger partial charge in [-0.25, -0.2) is 0 Å². The normalized spacial score (nSPS) is 11.9. The second-order valence-corrected chi connectivity index (χ2v) is 4.82. The van der Waals surface area contributed by atoms with Crippen molar-refractivity contribution in [3.63, 3.8) is 0 Å². The zero-order chi connectivity index (χ0) is 14.1. The lowest BCUT2D eigenvalue weighted by Gasteiger charge is -2.16. The summed E-state index contributed by atoms with van der Waals surface area (Å²) >= 11 is 0. The molecule has 0 aliphatic rings. The largest absolute Gasteiger partial charge is 0.352 e. The smallest absolute Gasteiger partial charge is 0.253 e. The Morgan fingerprint density at radius 3 is 2.68 bits per heavy atom. The average molecular weight is 263 g/mol. The number of hydrogen-bond donors (Lipinski definition) is 3. The number of nitrogen functional groups attached to an aromatic ring is 1. The minimum Gasteiger partial charge on any atom is -0.352 e. The molecule has 0 saturated carbocycles. The highest BCUT2D eigenvalue weighted by atomic mass is 16.1. The summed E-state index contributed by atoms with van der Waals surface area (Å²) in [4.78, 5) is 12.1. The van der Waals surface area contributed by atoms with Crippen molar-refractivity contribution in [1.82, 2.24) is 5.32 Å². The van der Waals surface area contributed by atoms with Crippen LogP contribution in [0.5, 0.6) is 0 Å². The molecule has 19 heavy (non-hydrogen) atoms.